The molecule has 0 aliphatic carbocycles. The average molecular weight is 652 g/mol. The van der Waals surface area contributed by atoms with E-state index in [-0.39, 0.29) is 5.91 Å². The summed E-state index contributed by atoms with van der Waals surface area (Å²) in [5, 5.41) is 2.97. The van der Waals surface area contributed by atoms with Gasteiger partial charge in [-0.1, -0.05) is 115 Å². The topological polar surface area (TPSA) is 76.7 Å². The number of hydrogen-bond donors (Lipinski definition) is 2. The van der Waals surface area contributed by atoms with E-state index in [9.17, 15) is 4.79 Å². The first-order valence-corrected chi connectivity index (χ1v) is 15.1. The molecule has 1 amide bonds. The number of halogens is 1. The molecule has 8 heteroatoms. The summed E-state index contributed by atoms with van der Waals surface area (Å²) in [6, 6.07) is 29.0. The van der Waals surface area contributed by atoms with Crippen LogP contribution < -0.4 is 16.5 Å². The van der Waals surface area contributed by atoms with E-state index in [0.29, 0.717) is 23.3 Å². The lowest BCUT2D eigenvalue weighted by Crippen LogP contribution is -2.22. The monoisotopic (exact) mass is 651 g/mol. The fraction of sp³-hybridized carbons (Fsp3) is 0.143. The van der Waals surface area contributed by atoms with Gasteiger partial charge in [-0.25, -0.2) is 4.99 Å². The number of nitrogen functional groups attached to an aromatic ring is 1. The molecule has 1 aliphatic heterocycles. The number of benzene rings is 4. The highest BCUT2D eigenvalue weighted by Gasteiger charge is 2.20. The molecule has 218 valence electrons. The fourth-order valence-electron chi connectivity index (χ4n) is 3.71. The summed E-state index contributed by atoms with van der Waals surface area (Å²) in [7, 11) is 7.50. The number of nitrogens with two attached hydrogens (primary N) is 1. The second kappa shape index (κ2) is 18.4. The summed E-state index contributed by atoms with van der Waals surface area (Å²) < 4.78 is 5.05. The van der Waals surface area contributed by atoms with Crippen LogP contribution in [-0.4, -0.2) is 26.6 Å². The van der Waals surface area contributed by atoms with E-state index in [4.69, 9.17) is 18.6 Å². The van der Waals surface area contributed by atoms with Gasteiger partial charge in [-0.3, -0.25) is 4.79 Å². The van der Waals surface area contributed by atoms with Crippen LogP contribution in [0, 0.1) is 12.5 Å². The van der Waals surface area contributed by atoms with Crippen molar-refractivity contribution < 1.29 is 9.53 Å². The molecule has 4 aromatic carbocycles. The van der Waals surface area contributed by atoms with Gasteiger partial charge in [0.05, 0.1) is 18.5 Å². The number of aliphatic imine (C=N–C) groups is 1. The van der Waals surface area contributed by atoms with Gasteiger partial charge in [-0.2, -0.15) is 0 Å². The van der Waals surface area contributed by atoms with Crippen LogP contribution in [0.5, 0.6) is 0 Å². The Morgan fingerprint density at radius 2 is 1.70 bits per heavy atom. The first-order valence-electron chi connectivity index (χ1n) is 13.5. The van der Waals surface area contributed by atoms with Gasteiger partial charge in [0.2, 0.25) is 0 Å². The van der Waals surface area contributed by atoms with Gasteiger partial charge >= 0.3 is 0 Å². The number of ether oxygens (including phenoxy) is 1. The first-order chi connectivity index (χ1) is 20.7. The lowest BCUT2D eigenvalue weighted by molar-refractivity contribution is 0.0951. The van der Waals surface area contributed by atoms with Crippen LogP contribution in [-0.2, 0) is 11.3 Å². The molecule has 1 aliphatic rings. The zero-order chi connectivity index (χ0) is 31.8. The third-order valence-electron chi connectivity index (χ3n) is 5.53. The van der Waals surface area contributed by atoms with E-state index in [1.807, 2.05) is 106 Å². The quantitative estimate of drug-likeness (QED) is 0.118. The zero-order valence-corrected chi connectivity index (χ0v) is 27.3. The summed E-state index contributed by atoms with van der Waals surface area (Å²) in [6.07, 6.45) is 6.49. The number of allylic oxidation sites excluding steroid dienone is 1. The third-order valence-corrected chi connectivity index (χ3v) is 6.67. The lowest BCUT2D eigenvalue weighted by atomic mass is 9.91. The highest BCUT2D eigenvalue weighted by atomic mass is 79.9. The van der Waals surface area contributed by atoms with Crippen molar-refractivity contribution in [3.63, 3.8) is 0 Å². The summed E-state index contributed by atoms with van der Waals surface area (Å²) >= 11 is 4.72. The molecule has 0 bridgehead atoms. The first kappa shape index (κ1) is 35.0. The zero-order valence-electron chi connectivity index (χ0n) is 24.9. The maximum absolute atomic E-state index is 12.9. The van der Waals surface area contributed by atoms with Crippen LogP contribution in [0.15, 0.2) is 117 Å². The molecule has 0 saturated heterocycles. The molecule has 5 rings (SSSR count). The van der Waals surface area contributed by atoms with Crippen molar-refractivity contribution in [1.29, 1.82) is 0 Å². The van der Waals surface area contributed by atoms with E-state index in [1.54, 1.807) is 11.8 Å². The summed E-state index contributed by atoms with van der Waals surface area (Å²) in [5.41, 5.74) is 12.2. The largest absolute Gasteiger partial charge is 0.450 e. The second-order valence-corrected chi connectivity index (χ2v) is 11.2. The van der Waals surface area contributed by atoms with Crippen molar-refractivity contribution in [2.24, 2.45) is 4.99 Å². The van der Waals surface area contributed by atoms with E-state index in [1.165, 1.54) is 7.11 Å². The van der Waals surface area contributed by atoms with Gasteiger partial charge < -0.3 is 15.8 Å². The van der Waals surface area contributed by atoms with E-state index in [2.05, 4.69) is 51.1 Å². The van der Waals surface area contributed by atoms with Crippen LogP contribution in [0.4, 0.5) is 11.4 Å². The van der Waals surface area contributed by atoms with E-state index < -0.39 is 0 Å². The maximum atomic E-state index is 12.9. The summed E-state index contributed by atoms with van der Waals surface area (Å²) in [5.74, 6) is -0.151. The predicted molar refractivity (Wildman–Crippen MR) is 187 cm³/mol. The third kappa shape index (κ3) is 11.2. The fourth-order valence-corrected chi connectivity index (χ4v) is 4.71. The Hall–Kier alpha value is -4.19. The Balaban J connectivity index is 0.000000569. The number of carbonyl (C=O) groups excluding carboxylic acids is 1. The molecule has 3 N–H and O–H groups in total. The van der Waals surface area contributed by atoms with E-state index in [0.717, 1.165) is 42.4 Å². The minimum atomic E-state index is -0.151. The summed E-state index contributed by atoms with van der Waals surface area (Å²) in [4.78, 5) is 20.0. The smallest absolute Gasteiger partial charge is 0.251 e. The predicted octanol–water partition coefficient (Wildman–Crippen LogP) is 7.79. The van der Waals surface area contributed by atoms with Crippen molar-refractivity contribution >= 4 is 64.0 Å². The molecule has 0 unspecified atom stereocenters. The highest BCUT2D eigenvalue weighted by Crippen LogP contribution is 2.41. The SMILES string of the molecule is C#COC.C=C(C)Br.CC.[B]c1cccc(C2=Nc3cc(C(=O)NCc4ccc(N)cc4)ccc3Sc3ccccc32)c1. The number of carbonyl (C=O) groups is 1. The average Bonchev–Trinajstić information content (AvgIpc) is 3.18. The normalized spacial score (nSPS) is 10.5. The van der Waals surface area contributed by atoms with Crippen molar-refractivity contribution in [3.8, 4) is 12.5 Å². The number of hydrogen-bond acceptors (Lipinski definition) is 5. The van der Waals surface area contributed by atoms with Gasteiger partial charge in [-0.05, 0) is 53.4 Å². The van der Waals surface area contributed by atoms with Crippen LogP contribution >= 0.6 is 27.7 Å². The molecule has 0 saturated carbocycles. The number of terminal acetylenes is 1. The van der Waals surface area contributed by atoms with Crippen molar-refractivity contribution in [2.45, 2.75) is 37.1 Å². The Morgan fingerprint density at radius 3 is 2.33 bits per heavy atom. The Morgan fingerprint density at radius 1 is 1.05 bits per heavy atom. The minimum Gasteiger partial charge on any atom is -0.450 e. The molecule has 2 radical (unpaired) electrons. The van der Waals surface area contributed by atoms with Crippen LogP contribution in [0.25, 0.3) is 0 Å². The Kier molecular flexibility index (Phi) is 15.0. The number of methoxy groups -OCH3 is 1. The standard InChI is InChI=1S/C27H20BN3OS.C3H5Br.C3H4O.C2H6/c28-20-5-3-4-18(14-20)26-22-6-1-2-7-24(22)33-25-13-10-19(15-23(25)31-26)27(32)30-16-17-8-11-21(29)12-9-17;1-3(2)4;1-3-4-2;1-2/h1-15H,16,29H2,(H,30,32);1H2,2H3;1H,2H3;1-2H3. The molecule has 1 heterocycles. The van der Waals surface area contributed by atoms with E-state index >= 15 is 0 Å². The van der Waals surface area contributed by atoms with Crippen molar-refractivity contribution in [1.82, 2.24) is 5.32 Å². The van der Waals surface area contributed by atoms with Gasteiger partial charge in [-0.15, -0.1) is 0 Å². The molecular weight excluding hydrogens is 617 g/mol. The minimum absolute atomic E-state index is 0.151. The van der Waals surface area contributed by atoms with Crippen molar-refractivity contribution in [3.05, 3.63) is 124 Å². The van der Waals surface area contributed by atoms with Crippen LogP contribution in [0.3, 0.4) is 0 Å². The molecule has 0 spiro atoms. The molecule has 43 heavy (non-hydrogen) atoms. The Labute approximate surface area is 269 Å². The number of nitrogens with zero attached hydrogens (tertiary/aromatic N) is 1. The van der Waals surface area contributed by atoms with Crippen LogP contribution in [0.1, 0.15) is 47.8 Å². The number of nitrogens with one attached hydrogen (secondary N) is 1. The molecule has 0 fully saturated rings. The van der Waals surface area contributed by atoms with Crippen LogP contribution in [0.2, 0.25) is 0 Å². The molecule has 0 atom stereocenters. The van der Waals surface area contributed by atoms with Crippen molar-refractivity contribution in [2.75, 3.05) is 12.8 Å². The van der Waals surface area contributed by atoms with Gasteiger partial charge in [0.1, 0.15) is 14.0 Å². The number of anilines is 1. The molecule has 0 aromatic heterocycles. The maximum Gasteiger partial charge on any atom is 0.251 e. The van der Waals surface area contributed by atoms with Gasteiger partial charge in [0, 0.05) is 38.7 Å². The number of rotatable bonds is 4. The van der Waals surface area contributed by atoms with Gasteiger partial charge in [0.25, 0.3) is 5.91 Å². The second-order valence-electron chi connectivity index (χ2n) is 8.79. The summed E-state index contributed by atoms with van der Waals surface area (Å²) in [6.45, 7) is 9.79. The molecular formula is C35H35BBrN3O2S. The molecule has 5 nitrogen and oxygen atoms in total. The number of amides is 1. The highest BCUT2D eigenvalue weighted by molar-refractivity contribution is 9.11. The lowest BCUT2D eigenvalue weighted by Gasteiger charge is -2.09. The number of fused-ring (bicyclic) bond motifs is 2. The molecule has 4 aromatic rings. The van der Waals surface area contributed by atoms with Gasteiger partial charge in [0.15, 0.2) is 0 Å². The Bertz CT molecular complexity index is 1590.